The zero-order chi connectivity index (χ0) is 24.7. The van der Waals surface area contributed by atoms with Gasteiger partial charge in [0, 0.05) is 45.2 Å². The first-order chi connectivity index (χ1) is 16.3. The van der Waals surface area contributed by atoms with Crippen molar-refractivity contribution < 1.29 is 18.7 Å². The van der Waals surface area contributed by atoms with Crippen LogP contribution in [0.4, 0.5) is 4.39 Å². The molecule has 0 bridgehead atoms. The van der Waals surface area contributed by atoms with E-state index in [1.807, 2.05) is 13.8 Å². The lowest BCUT2D eigenvalue weighted by atomic mass is 10.1. The summed E-state index contributed by atoms with van der Waals surface area (Å²) in [5, 5.41) is 2.73. The van der Waals surface area contributed by atoms with E-state index in [0.29, 0.717) is 32.7 Å². The Labute approximate surface area is 199 Å². The Morgan fingerprint density at radius 2 is 2.06 bits per heavy atom. The van der Waals surface area contributed by atoms with Crippen LogP contribution >= 0.6 is 0 Å². The molecule has 1 aliphatic heterocycles. The van der Waals surface area contributed by atoms with Gasteiger partial charge in [-0.1, -0.05) is 24.3 Å². The summed E-state index contributed by atoms with van der Waals surface area (Å²) in [5.41, 5.74) is 0.755. The van der Waals surface area contributed by atoms with Crippen LogP contribution in [0.2, 0.25) is 0 Å². The number of likely N-dealkylation sites (N-methyl/N-ethyl adjacent to an activating group) is 1. The predicted octanol–water partition coefficient (Wildman–Crippen LogP) is 3.18. The highest BCUT2D eigenvalue weighted by molar-refractivity contribution is 5.99. The van der Waals surface area contributed by atoms with Gasteiger partial charge in [0.2, 0.25) is 5.43 Å². The molecule has 3 rings (SSSR count). The molecule has 8 heteroatoms. The summed E-state index contributed by atoms with van der Waals surface area (Å²) < 4.78 is 20.8. The molecule has 2 heterocycles. The number of hydrogen-bond donors (Lipinski definition) is 1. The molecule has 2 amide bonds. The number of ether oxygens (including phenoxy) is 1. The highest BCUT2D eigenvalue weighted by Gasteiger charge is 2.24. The molecule has 1 aliphatic rings. The fourth-order valence-corrected chi connectivity index (χ4v) is 4.01. The molecule has 1 aromatic carbocycles. The summed E-state index contributed by atoms with van der Waals surface area (Å²) in [7, 11) is 0. The Kier molecular flexibility index (Phi) is 8.76. The minimum atomic E-state index is -0.614. The fraction of sp³-hybridized carbons (Fsp3) is 0.423. The molecule has 1 N–H and O–H groups in total. The Bertz CT molecular complexity index is 1110. The maximum absolute atomic E-state index is 13.4. The van der Waals surface area contributed by atoms with Gasteiger partial charge in [-0.2, -0.15) is 0 Å². The number of nitrogens with zero attached hydrogens (tertiary/aromatic N) is 2. The molecule has 1 fully saturated rings. The van der Waals surface area contributed by atoms with Gasteiger partial charge >= 0.3 is 0 Å². The second kappa shape index (κ2) is 11.7. The van der Waals surface area contributed by atoms with Crippen molar-refractivity contribution in [3.8, 4) is 0 Å². The number of halogens is 1. The van der Waals surface area contributed by atoms with E-state index in [1.54, 1.807) is 16.7 Å². The lowest BCUT2D eigenvalue weighted by Gasteiger charge is -2.22. The van der Waals surface area contributed by atoms with Crippen molar-refractivity contribution in [2.75, 3.05) is 26.2 Å². The first-order valence-electron chi connectivity index (χ1n) is 11.6. The van der Waals surface area contributed by atoms with Crippen molar-refractivity contribution in [3.63, 3.8) is 0 Å². The Hall–Kier alpha value is -3.26. The van der Waals surface area contributed by atoms with Crippen LogP contribution in [0, 0.1) is 5.82 Å². The Morgan fingerprint density at radius 3 is 2.71 bits per heavy atom. The van der Waals surface area contributed by atoms with Crippen molar-refractivity contribution in [1.29, 1.82) is 0 Å². The number of carbonyl (C=O) groups excluding carboxylic acids is 2. The Morgan fingerprint density at radius 1 is 1.29 bits per heavy atom. The number of aromatic nitrogens is 1. The van der Waals surface area contributed by atoms with E-state index in [-0.39, 0.29) is 29.6 Å². The van der Waals surface area contributed by atoms with E-state index in [9.17, 15) is 18.8 Å². The maximum atomic E-state index is 13.4. The predicted molar refractivity (Wildman–Crippen MR) is 129 cm³/mol. The maximum Gasteiger partial charge on any atom is 0.259 e. The minimum Gasteiger partial charge on any atom is -0.376 e. The molecule has 2 aromatic rings. The third kappa shape index (κ3) is 6.63. The van der Waals surface area contributed by atoms with E-state index in [0.717, 1.165) is 24.0 Å². The van der Waals surface area contributed by atoms with E-state index in [4.69, 9.17) is 4.74 Å². The number of amides is 2. The summed E-state index contributed by atoms with van der Waals surface area (Å²) in [4.78, 5) is 40.9. The van der Waals surface area contributed by atoms with Gasteiger partial charge in [0.05, 0.1) is 6.10 Å². The number of carbonyl (C=O) groups is 2. The third-order valence-electron chi connectivity index (χ3n) is 5.71. The van der Waals surface area contributed by atoms with Gasteiger partial charge in [-0.15, -0.1) is 0 Å². The lowest BCUT2D eigenvalue weighted by molar-refractivity contribution is 0.0773. The van der Waals surface area contributed by atoms with Gasteiger partial charge in [-0.3, -0.25) is 14.4 Å². The molecule has 0 spiro atoms. The lowest BCUT2D eigenvalue weighted by Crippen LogP contribution is -2.39. The summed E-state index contributed by atoms with van der Waals surface area (Å²) in [6, 6.07) is 6.13. The van der Waals surface area contributed by atoms with Crippen molar-refractivity contribution in [3.05, 3.63) is 81.5 Å². The quantitative estimate of drug-likeness (QED) is 0.542. The van der Waals surface area contributed by atoms with Crippen LogP contribution in [0.3, 0.4) is 0 Å². The third-order valence-corrected chi connectivity index (χ3v) is 5.71. The summed E-state index contributed by atoms with van der Waals surface area (Å²) in [5.74, 6) is -1.35. The molecule has 34 heavy (non-hydrogen) atoms. The normalized spacial score (nSPS) is 15.2. The first kappa shape index (κ1) is 25.4. The molecule has 7 nitrogen and oxygen atoms in total. The summed E-state index contributed by atoms with van der Waals surface area (Å²) >= 11 is 0. The highest BCUT2D eigenvalue weighted by atomic mass is 19.1. The smallest absolute Gasteiger partial charge is 0.259 e. The Balaban J connectivity index is 1.85. The average Bonchev–Trinajstić information content (AvgIpc) is 3.31. The van der Waals surface area contributed by atoms with Gasteiger partial charge in [0.1, 0.15) is 16.9 Å². The summed E-state index contributed by atoms with van der Waals surface area (Å²) in [6.45, 7) is 9.56. The zero-order valence-electron chi connectivity index (χ0n) is 19.8. The SMILES string of the molecule is C=C(C)CN(CC)C(=O)c1cn(C[C@@H]2CCCO2)cc(C(=O)NCCc2cccc(F)c2)c1=O. The molecular formula is C26H32FN3O4. The van der Waals surface area contributed by atoms with Crippen LogP contribution in [-0.4, -0.2) is 53.6 Å². The molecule has 1 aromatic heterocycles. The van der Waals surface area contributed by atoms with Crippen LogP contribution in [0.5, 0.6) is 0 Å². The second-order valence-electron chi connectivity index (χ2n) is 8.66. The molecule has 0 unspecified atom stereocenters. The molecule has 0 saturated carbocycles. The first-order valence-corrected chi connectivity index (χ1v) is 11.6. The van der Waals surface area contributed by atoms with E-state index >= 15 is 0 Å². The van der Waals surface area contributed by atoms with Crippen LogP contribution in [0.15, 0.2) is 53.6 Å². The molecular weight excluding hydrogens is 437 g/mol. The highest BCUT2D eigenvalue weighted by Crippen LogP contribution is 2.15. The van der Waals surface area contributed by atoms with Crippen LogP contribution in [-0.2, 0) is 17.7 Å². The molecule has 0 radical (unpaired) electrons. The average molecular weight is 470 g/mol. The van der Waals surface area contributed by atoms with Gasteiger partial charge in [-0.05, 0) is 50.8 Å². The number of hydrogen-bond acceptors (Lipinski definition) is 4. The largest absolute Gasteiger partial charge is 0.376 e. The van der Waals surface area contributed by atoms with Crippen molar-refractivity contribution in [2.45, 2.75) is 45.8 Å². The number of rotatable bonds is 10. The van der Waals surface area contributed by atoms with E-state index in [1.165, 1.54) is 29.4 Å². The molecule has 1 atom stereocenters. The topological polar surface area (TPSA) is 80.6 Å². The zero-order valence-corrected chi connectivity index (χ0v) is 19.8. The van der Waals surface area contributed by atoms with Gasteiger partial charge in [0.15, 0.2) is 0 Å². The van der Waals surface area contributed by atoms with Crippen molar-refractivity contribution in [2.24, 2.45) is 0 Å². The number of benzene rings is 1. The molecule has 0 aliphatic carbocycles. The fourth-order valence-electron chi connectivity index (χ4n) is 4.01. The van der Waals surface area contributed by atoms with Gasteiger partial charge in [0.25, 0.3) is 11.8 Å². The van der Waals surface area contributed by atoms with Crippen molar-refractivity contribution >= 4 is 11.8 Å². The monoisotopic (exact) mass is 469 g/mol. The van der Waals surface area contributed by atoms with E-state index in [2.05, 4.69) is 11.9 Å². The van der Waals surface area contributed by atoms with Gasteiger partial charge < -0.3 is 19.5 Å². The minimum absolute atomic E-state index is 0.0351. The van der Waals surface area contributed by atoms with Crippen LogP contribution in [0.1, 0.15) is 53.0 Å². The second-order valence-corrected chi connectivity index (χ2v) is 8.66. The standard InChI is InChI=1S/C26H32FN3O4/c1-4-30(14-18(2)3)26(33)23-17-29(15-21-9-6-12-34-21)16-22(24(23)31)25(32)28-11-10-19-7-5-8-20(27)13-19/h5,7-8,13,16-17,21H,2,4,6,9-12,14-15H2,1,3H3,(H,28,32)/t21-/m0/s1. The molecule has 182 valence electrons. The van der Waals surface area contributed by atoms with Gasteiger partial charge in [-0.25, -0.2) is 4.39 Å². The molecule has 1 saturated heterocycles. The van der Waals surface area contributed by atoms with Crippen LogP contribution in [0.25, 0.3) is 0 Å². The van der Waals surface area contributed by atoms with Crippen LogP contribution < -0.4 is 10.7 Å². The van der Waals surface area contributed by atoms with Crippen molar-refractivity contribution in [1.82, 2.24) is 14.8 Å². The number of nitrogens with one attached hydrogen (secondary N) is 1. The number of pyridine rings is 1. The summed E-state index contributed by atoms with van der Waals surface area (Å²) in [6.07, 6.45) is 5.19. The van der Waals surface area contributed by atoms with E-state index < -0.39 is 17.2 Å².